The van der Waals surface area contributed by atoms with Gasteiger partial charge in [0, 0.05) is 25.4 Å². The van der Waals surface area contributed by atoms with Crippen molar-refractivity contribution in [2.45, 2.75) is 50.7 Å². The maximum Gasteiger partial charge on any atom is 0.389 e. The third-order valence-electron chi connectivity index (χ3n) is 2.86. The van der Waals surface area contributed by atoms with Crippen LogP contribution >= 0.6 is 0 Å². The van der Waals surface area contributed by atoms with Crippen LogP contribution in [-0.2, 0) is 4.79 Å². The minimum absolute atomic E-state index is 0.0540. The Morgan fingerprint density at radius 3 is 2.53 bits per heavy atom. The number of rotatable bonds is 7. The number of nitrogens with one attached hydrogen (secondary N) is 1. The fourth-order valence-electron chi connectivity index (χ4n) is 1.66. The summed E-state index contributed by atoms with van der Waals surface area (Å²) in [6.45, 7) is 0.298. The maximum atomic E-state index is 11.8. The fourth-order valence-corrected chi connectivity index (χ4v) is 1.66. The second-order valence-electron chi connectivity index (χ2n) is 4.63. The number of carbonyl (C=O) groups excluding carboxylic acids is 1. The maximum absolute atomic E-state index is 11.8. The molecule has 0 aromatic heterocycles. The van der Waals surface area contributed by atoms with Crippen LogP contribution in [0.4, 0.5) is 13.2 Å². The molecular weight excluding hydrogens is 233 g/mol. The highest BCUT2D eigenvalue weighted by Gasteiger charge is 2.29. The molecule has 1 amide bonds. The molecular formula is C11H19F3N2O. The lowest BCUT2D eigenvalue weighted by Crippen LogP contribution is -2.33. The number of unbranched alkanes of at least 4 members (excludes halogenated alkanes) is 1. The number of hydrogen-bond donors (Lipinski definition) is 2. The van der Waals surface area contributed by atoms with Crippen molar-refractivity contribution in [3.05, 3.63) is 0 Å². The van der Waals surface area contributed by atoms with Gasteiger partial charge in [-0.2, -0.15) is 13.2 Å². The largest absolute Gasteiger partial charge is 0.389 e. The van der Waals surface area contributed by atoms with Crippen LogP contribution in [0.25, 0.3) is 0 Å². The number of alkyl halides is 3. The first kappa shape index (κ1) is 14.3. The van der Waals surface area contributed by atoms with Crippen LogP contribution in [0.5, 0.6) is 0 Å². The summed E-state index contributed by atoms with van der Waals surface area (Å²) >= 11 is 0. The molecule has 0 spiro atoms. The molecule has 1 fully saturated rings. The molecule has 1 aliphatic carbocycles. The van der Waals surface area contributed by atoms with E-state index in [2.05, 4.69) is 5.32 Å². The summed E-state index contributed by atoms with van der Waals surface area (Å²) in [5.41, 5.74) is 5.76. The van der Waals surface area contributed by atoms with Gasteiger partial charge in [0.15, 0.2) is 0 Å². The zero-order valence-corrected chi connectivity index (χ0v) is 9.72. The summed E-state index contributed by atoms with van der Waals surface area (Å²) in [4.78, 5) is 11.3. The second kappa shape index (κ2) is 6.23. The van der Waals surface area contributed by atoms with Crippen molar-refractivity contribution >= 4 is 5.91 Å². The molecule has 0 radical (unpaired) electrons. The molecule has 0 heterocycles. The van der Waals surface area contributed by atoms with Crippen molar-refractivity contribution in [3.8, 4) is 0 Å². The van der Waals surface area contributed by atoms with Crippen LogP contribution in [0.15, 0.2) is 0 Å². The number of amides is 1. The lowest BCUT2D eigenvalue weighted by atomic mass is 10.1. The Balaban J connectivity index is 1.96. The van der Waals surface area contributed by atoms with Gasteiger partial charge in [0.2, 0.25) is 5.91 Å². The number of carbonyl (C=O) groups is 1. The first-order valence-corrected chi connectivity index (χ1v) is 5.97. The van der Waals surface area contributed by atoms with Crippen LogP contribution in [0.1, 0.15) is 38.5 Å². The molecule has 0 bridgehead atoms. The standard InChI is InChI=1S/C11H19F3N2O/c12-11(13,14)5-1-2-6-16-10(17)7-9(15)8-3-4-8/h8-9H,1-7,15H2,(H,16,17). The van der Waals surface area contributed by atoms with E-state index >= 15 is 0 Å². The van der Waals surface area contributed by atoms with Gasteiger partial charge in [0.25, 0.3) is 0 Å². The van der Waals surface area contributed by atoms with Gasteiger partial charge in [-0.05, 0) is 31.6 Å². The molecule has 3 N–H and O–H groups in total. The van der Waals surface area contributed by atoms with Gasteiger partial charge in [-0.1, -0.05) is 0 Å². The summed E-state index contributed by atoms with van der Waals surface area (Å²) < 4.78 is 35.4. The lowest BCUT2D eigenvalue weighted by Gasteiger charge is -2.10. The average Bonchev–Trinajstić information content (AvgIpc) is 2.97. The summed E-state index contributed by atoms with van der Waals surface area (Å²) in [6.07, 6.45) is -2.03. The van der Waals surface area contributed by atoms with E-state index in [1.165, 1.54) is 0 Å². The Kier molecular flexibility index (Phi) is 5.24. The smallest absolute Gasteiger partial charge is 0.356 e. The molecule has 3 nitrogen and oxygen atoms in total. The zero-order chi connectivity index (χ0) is 12.9. The zero-order valence-electron chi connectivity index (χ0n) is 9.72. The molecule has 1 unspecified atom stereocenters. The summed E-state index contributed by atoms with van der Waals surface area (Å²) in [7, 11) is 0. The van der Waals surface area contributed by atoms with Crippen LogP contribution in [0, 0.1) is 5.92 Å². The van der Waals surface area contributed by atoms with Crippen molar-refractivity contribution in [2.75, 3.05) is 6.54 Å². The SMILES string of the molecule is NC(CC(=O)NCCCCC(F)(F)F)C1CC1. The Morgan fingerprint density at radius 1 is 1.35 bits per heavy atom. The first-order chi connectivity index (χ1) is 7.88. The molecule has 0 saturated heterocycles. The molecule has 0 aromatic rings. The molecule has 6 heteroatoms. The molecule has 17 heavy (non-hydrogen) atoms. The van der Waals surface area contributed by atoms with E-state index in [0.717, 1.165) is 12.8 Å². The number of hydrogen-bond acceptors (Lipinski definition) is 2. The van der Waals surface area contributed by atoms with E-state index in [-0.39, 0.29) is 24.8 Å². The Labute approximate surface area is 98.9 Å². The normalized spacial score (nSPS) is 17.9. The van der Waals surface area contributed by atoms with Gasteiger partial charge in [0.1, 0.15) is 0 Å². The predicted molar refractivity (Wildman–Crippen MR) is 58.2 cm³/mol. The monoisotopic (exact) mass is 252 g/mol. The third-order valence-corrected chi connectivity index (χ3v) is 2.86. The van der Waals surface area contributed by atoms with Gasteiger partial charge < -0.3 is 11.1 Å². The molecule has 1 saturated carbocycles. The Hall–Kier alpha value is -0.780. The second-order valence-corrected chi connectivity index (χ2v) is 4.63. The van der Waals surface area contributed by atoms with E-state index in [1.807, 2.05) is 0 Å². The van der Waals surface area contributed by atoms with E-state index in [1.54, 1.807) is 0 Å². The fraction of sp³-hybridized carbons (Fsp3) is 0.909. The lowest BCUT2D eigenvalue weighted by molar-refractivity contribution is -0.135. The molecule has 1 rings (SSSR count). The van der Waals surface area contributed by atoms with Crippen LogP contribution in [0.3, 0.4) is 0 Å². The van der Waals surface area contributed by atoms with Gasteiger partial charge in [-0.15, -0.1) is 0 Å². The van der Waals surface area contributed by atoms with E-state index in [0.29, 0.717) is 18.9 Å². The quantitative estimate of drug-likeness (QED) is 0.680. The van der Waals surface area contributed by atoms with Gasteiger partial charge in [-0.25, -0.2) is 0 Å². The van der Waals surface area contributed by atoms with Crippen molar-refractivity contribution in [1.29, 1.82) is 0 Å². The van der Waals surface area contributed by atoms with Crippen molar-refractivity contribution in [3.63, 3.8) is 0 Å². The van der Waals surface area contributed by atoms with Crippen molar-refractivity contribution in [1.82, 2.24) is 5.32 Å². The Morgan fingerprint density at radius 2 is 2.00 bits per heavy atom. The molecule has 1 aliphatic rings. The molecule has 100 valence electrons. The van der Waals surface area contributed by atoms with Crippen LogP contribution < -0.4 is 11.1 Å². The minimum atomic E-state index is -4.10. The highest BCUT2D eigenvalue weighted by molar-refractivity contribution is 5.76. The topological polar surface area (TPSA) is 55.1 Å². The first-order valence-electron chi connectivity index (χ1n) is 5.97. The van der Waals surface area contributed by atoms with Gasteiger partial charge in [-0.3, -0.25) is 4.79 Å². The highest BCUT2D eigenvalue weighted by atomic mass is 19.4. The summed E-state index contributed by atoms with van der Waals surface area (Å²) in [6, 6.07) is -0.0924. The summed E-state index contributed by atoms with van der Waals surface area (Å²) in [5.74, 6) is 0.308. The predicted octanol–water partition coefficient (Wildman–Crippen LogP) is 1.96. The van der Waals surface area contributed by atoms with Crippen LogP contribution in [0.2, 0.25) is 0 Å². The molecule has 1 atom stereocenters. The van der Waals surface area contributed by atoms with Crippen molar-refractivity contribution < 1.29 is 18.0 Å². The Bertz CT molecular complexity index is 252. The van der Waals surface area contributed by atoms with E-state index in [4.69, 9.17) is 5.73 Å². The van der Waals surface area contributed by atoms with E-state index in [9.17, 15) is 18.0 Å². The van der Waals surface area contributed by atoms with Gasteiger partial charge in [0.05, 0.1) is 0 Å². The number of nitrogens with two attached hydrogens (primary N) is 1. The third kappa shape index (κ3) is 7.20. The van der Waals surface area contributed by atoms with Crippen molar-refractivity contribution in [2.24, 2.45) is 11.7 Å². The van der Waals surface area contributed by atoms with E-state index < -0.39 is 12.6 Å². The van der Waals surface area contributed by atoms with Gasteiger partial charge >= 0.3 is 6.18 Å². The summed E-state index contributed by atoms with van der Waals surface area (Å²) in [5, 5.41) is 2.60. The average molecular weight is 252 g/mol. The molecule has 0 aliphatic heterocycles. The number of halogens is 3. The minimum Gasteiger partial charge on any atom is -0.356 e. The highest BCUT2D eigenvalue weighted by Crippen LogP contribution is 2.32. The molecule has 0 aromatic carbocycles. The van der Waals surface area contributed by atoms with Crippen LogP contribution in [-0.4, -0.2) is 24.7 Å².